The van der Waals surface area contributed by atoms with Gasteiger partial charge in [-0.1, -0.05) is 5.16 Å². The fraction of sp³-hybridized carbons (Fsp3) is 0.556. The summed E-state index contributed by atoms with van der Waals surface area (Å²) in [5.41, 5.74) is 8.62. The number of carbonyl (C=O) groups is 1. The summed E-state index contributed by atoms with van der Waals surface area (Å²) in [4.78, 5) is 14.9. The van der Waals surface area contributed by atoms with Gasteiger partial charge in [0.1, 0.15) is 5.76 Å². The molecule has 1 saturated heterocycles. The Morgan fingerprint density at radius 2 is 1.96 bits per heavy atom. The van der Waals surface area contributed by atoms with Crippen molar-refractivity contribution in [3.05, 3.63) is 34.8 Å². The number of likely N-dealkylation sites (tertiary alicyclic amines) is 1. The van der Waals surface area contributed by atoms with Gasteiger partial charge in [-0.2, -0.15) is 0 Å². The molecule has 0 aromatic carbocycles. The number of amides is 1. The quantitative estimate of drug-likeness (QED) is 0.938. The van der Waals surface area contributed by atoms with Crippen LogP contribution >= 0.6 is 0 Å². The average molecular weight is 330 g/mol. The maximum atomic E-state index is 12.9. The third kappa shape index (κ3) is 2.98. The minimum Gasteiger partial charge on any atom is -0.360 e. The summed E-state index contributed by atoms with van der Waals surface area (Å²) in [6.45, 7) is 9.40. The zero-order valence-corrected chi connectivity index (χ0v) is 14.9. The van der Waals surface area contributed by atoms with Crippen LogP contribution in [0.15, 0.2) is 16.7 Å². The van der Waals surface area contributed by atoms with Gasteiger partial charge in [0, 0.05) is 36.6 Å². The lowest BCUT2D eigenvalue weighted by Crippen LogP contribution is -2.42. The molecular weight excluding hydrogens is 304 g/mol. The smallest absolute Gasteiger partial charge is 0.255 e. The molecule has 2 N–H and O–H groups in total. The highest BCUT2D eigenvalue weighted by Crippen LogP contribution is 2.25. The molecule has 1 aliphatic heterocycles. The second kappa shape index (κ2) is 6.43. The van der Waals surface area contributed by atoms with E-state index in [2.05, 4.69) is 12.1 Å². The largest absolute Gasteiger partial charge is 0.360 e. The SMILES string of the molecule is Cc1cc(-n2c(C)cc(C(=O)N3CCC(C(C)N)CC3)c2C)no1. The molecule has 1 fully saturated rings. The van der Waals surface area contributed by atoms with Crippen molar-refractivity contribution in [1.82, 2.24) is 14.6 Å². The van der Waals surface area contributed by atoms with Crippen molar-refractivity contribution in [2.24, 2.45) is 11.7 Å². The Morgan fingerprint density at radius 1 is 1.29 bits per heavy atom. The number of hydrogen-bond acceptors (Lipinski definition) is 4. The summed E-state index contributed by atoms with van der Waals surface area (Å²) in [5.74, 6) is 2.08. The second-order valence-electron chi connectivity index (χ2n) is 6.90. The number of rotatable bonds is 3. The van der Waals surface area contributed by atoms with Crippen LogP contribution in [0.4, 0.5) is 0 Å². The molecule has 1 unspecified atom stereocenters. The van der Waals surface area contributed by atoms with Gasteiger partial charge in [0.15, 0.2) is 5.82 Å². The lowest BCUT2D eigenvalue weighted by Gasteiger charge is -2.33. The van der Waals surface area contributed by atoms with Crippen LogP contribution in [0.3, 0.4) is 0 Å². The van der Waals surface area contributed by atoms with Crippen LogP contribution in [-0.2, 0) is 0 Å². The zero-order valence-electron chi connectivity index (χ0n) is 14.9. The third-order valence-corrected chi connectivity index (χ3v) is 5.08. The lowest BCUT2D eigenvalue weighted by atomic mass is 9.90. The van der Waals surface area contributed by atoms with Crippen LogP contribution < -0.4 is 5.73 Å². The van der Waals surface area contributed by atoms with E-state index in [1.807, 2.05) is 42.4 Å². The number of nitrogens with two attached hydrogens (primary N) is 1. The molecule has 3 rings (SSSR count). The van der Waals surface area contributed by atoms with Gasteiger partial charge in [-0.15, -0.1) is 0 Å². The van der Waals surface area contributed by atoms with Crippen LogP contribution in [-0.4, -0.2) is 39.7 Å². The minimum atomic E-state index is 0.0951. The molecule has 2 aromatic rings. The molecule has 0 spiro atoms. The van der Waals surface area contributed by atoms with Crippen LogP contribution in [0.5, 0.6) is 0 Å². The molecule has 6 nitrogen and oxygen atoms in total. The van der Waals surface area contributed by atoms with Crippen LogP contribution in [0, 0.1) is 26.7 Å². The Hall–Kier alpha value is -2.08. The van der Waals surface area contributed by atoms with Gasteiger partial charge in [-0.3, -0.25) is 9.36 Å². The van der Waals surface area contributed by atoms with Gasteiger partial charge < -0.3 is 15.2 Å². The van der Waals surface area contributed by atoms with Gasteiger partial charge in [0.05, 0.1) is 5.56 Å². The molecule has 6 heteroatoms. The lowest BCUT2D eigenvalue weighted by molar-refractivity contribution is 0.0680. The molecule has 1 atom stereocenters. The van der Waals surface area contributed by atoms with Crippen molar-refractivity contribution in [2.75, 3.05) is 13.1 Å². The van der Waals surface area contributed by atoms with Gasteiger partial charge in [-0.05, 0) is 52.5 Å². The van der Waals surface area contributed by atoms with Crippen LogP contribution in [0.25, 0.3) is 5.82 Å². The summed E-state index contributed by atoms with van der Waals surface area (Å²) >= 11 is 0. The number of aromatic nitrogens is 2. The van der Waals surface area contributed by atoms with Crippen molar-refractivity contribution in [3.63, 3.8) is 0 Å². The van der Waals surface area contributed by atoms with Gasteiger partial charge in [-0.25, -0.2) is 0 Å². The topological polar surface area (TPSA) is 77.3 Å². The first-order valence-electron chi connectivity index (χ1n) is 8.56. The van der Waals surface area contributed by atoms with Crippen molar-refractivity contribution in [1.29, 1.82) is 0 Å². The Bertz CT molecular complexity index is 736. The Morgan fingerprint density at radius 3 is 2.50 bits per heavy atom. The molecule has 2 aromatic heterocycles. The second-order valence-corrected chi connectivity index (χ2v) is 6.90. The summed E-state index contributed by atoms with van der Waals surface area (Å²) in [7, 11) is 0. The van der Waals surface area contributed by atoms with E-state index in [0.717, 1.165) is 54.5 Å². The van der Waals surface area contributed by atoms with E-state index >= 15 is 0 Å². The summed E-state index contributed by atoms with van der Waals surface area (Å²) < 4.78 is 7.14. The predicted octanol–water partition coefficient (Wildman–Crippen LogP) is 2.59. The number of aryl methyl sites for hydroxylation is 2. The number of carbonyl (C=O) groups excluding carboxylic acids is 1. The summed E-state index contributed by atoms with van der Waals surface area (Å²) in [6, 6.07) is 4.02. The molecule has 1 amide bonds. The van der Waals surface area contributed by atoms with E-state index in [0.29, 0.717) is 5.92 Å². The van der Waals surface area contributed by atoms with Crippen molar-refractivity contribution in [3.8, 4) is 5.82 Å². The highest BCUT2D eigenvalue weighted by Gasteiger charge is 2.28. The normalized spacial score (nSPS) is 17.3. The monoisotopic (exact) mass is 330 g/mol. The van der Waals surface area contributed by atoms with Crippen LogP contribution in [0.1, 0.15) is 47.3 Å². The van der Waals surface area contributed by atoms with Gasteiger partial charge >= 0.3 is 0 Å². The van der Waals surface area contributed by atoms with E-state index < -0.39 is 0 Å². The van der Waals surface area contributed by atoms with Crippen molar-refractivity contribution < 1.29 is 9.32 Å². The molecule has 0 saturated carbocycles. The highest BCUT2D eigenvalue weighted by molar-refractivity contribution is 5.96. The van der Waals surface area contributed by atoms with E-state index in [1.54, 1.807) is 0 Å². The van der Waals surface area contributed by atoms with Crippen molar-refractivity contribution in [2.45, 2.75) is 46.6 Å². The molecule has 1 aliphatic rings. The molecular formula is C18H26N4O2. The molecule has 24 heavy (non-hydrogen) atoms. The first-order valence-corrected chi connectivity index (χ1v) is 8.56. The van der Waals surface area contributed by atoms with E-state index in [9.17, 15) is 4.79 Å². The first kappa shape index (κ1) is 16.8. The Kier molecular flexibility index (Phi) is 4.49. The fourth-order valence-electron chi connectivity index (χ4n) is 3.59. The number of hydrogen-bond donors (Lipinski definition) is 1. The summed E-state index contributed by atoms with van der Waals surface area (Å²) in [5, 5.41) is 4.07. The molecule has 0 bridgehead atoms. The molecule has 3 heterocycles. The fourth-order valence-corrected chi connectivity index (χ4v) is 3.59. The maximum Gasteiger partial charge on any atom is 0.255 e. The first-order chi connectivity index (χ1) is 11.4. The van der Waals surface area contributed by atoms with E-state index in [-0.39, 0.29) is 11.9 Å². The van der Waals surface area contributed by atoms with Gasteiger partial charge in [0.2, 0.25) is 0 Å². The zero-order chi connectivity index (χ0) is 17.4. The molecule has 0 aliphatic carbocycles. The predicted molar refractivity (Wildman–Crippen MR) is 92.3 cm³/mol. The maximum absolute atomic E-state index is 12.9. The minimum absolute atomic E-state index is 0.0951. The standard InChI is InChI=1S/C18H26N4O2/c1-11-9-16(14(4)22(11)17-10-12(2)24-20-17)18(23)21-7-5-15(6-8-21)13(3)19/h9-10,13,15H,5-8,19H2,1-4H3. The molecule has 130 valence electrons. The van der Waals surface area contributed by atoms with Gasteiger partial charge in [0.25, 0.3) is 5.91 Å². The highest BCUT2D eigenvalue weighted by atomic mass is 16.5. The number of piperidine rings is 1. The van der Waals surface area contributed by atoms with Crippen LogP contribution in [0.2, 0.25) is 0 Å². The Labute approximate surface area is 142 Å². The van der Waals surface area contributed by atoms with Crippen molar-refractivity contribution >= 4 is 5.91 Å². The average Bonchev–Trinajstić information content (AvgIpc) is 3.09. The number of nitrogens with zero attached hydrogens (tertiary/aromatic N) is 3. The summed E-state index contributed by atoms with van der Waals surface area (Å²) in [6.07, 6.45) is 1.95. The van der Waals surface area contributed by atoms with E-state index in [4.69, 9.17) is 10.3 Å². The van der Waals surface area contributed by atoms with E-state index in [1.165, 1.54) is 0 Å². The third-order valence-electron chi connectivity index (χ3n) is 5.08. The Balaban J connectivity index is 1.82. The molecule has 0 radical (unpaired) electrons.